The quantitative estimate of drug-likeness (QED) is 0.581. The van der Waals surface area contributed by atoms with Gasteiger partial charge in [0.05, 0.1) is 24.7 Å². The second-order valence-electron chi connectivity index (χ2n) is 4.41. The highest BCUT2D eigenvalue weighted by atomic mass is 16.6. The number of nitro benzene ring substituents is 1. The molecule has 1 atom stereocenters. The van der Waals surface area contributed by atoms with E-state index in [9.17, 15) is 14.9 Å². The minimum atomic E-state index is -0.557. The van der Waals surface area contributed by atoms with Crippen LogP contribution in [0.3, 0.4) is 0 Å². The van der Waals surface area contributed by atoms with Crippen molar-refractivity contribution in [3.8, 4) is 11.5 Å². The van der Waals surface area contributed by atoms with Crippen molar-refractivity contribution < 1.29 is 23.9 Å². The molecule has 0 aliphatic carbocycles. The average molecular weight is 281 g/mol. The fraction of sp³-hybridized carbons (Fsp3) is 0.462. The zero-order chi connectivity index (χ0) is 14.5. The van der Waals surface area contributed by atoms with Gasteiger partial charge in [-0.3, -0.25) is 14.9 Å². The molecule has 1 saturated heterocycles. The van der Waals surface area contributed by atoms with Crippen LogP contribution >= 0.6 is 0 Å². The molecule has 0 bridgehead atoms. The summed E-state index contributed by atoms with van der Waals surface area (Å²) in [7, 11) is 1.35. The Hall–Kier alpha value is -2.15. The highest BCUT2D eigenvalue weighted by Crippen LogP contribution is 2.30. The van der Waals surface area contributed by atoms with Gasteiger partial charge < -0.3 is 14.2 Å². The van der Waals surface area contributed by atoms with Gasteiger partial charge in [-0.25, -0.2) is 0 Å². The molecule has 7 nitrogen and oxygen atoms in total. The number of hydrogen-bond acceptors (Lipinski definition) is 6. The summed E-state index contributed by atoms with van der Waals surface area (Å²) in [6.45, 7) is 0.896. The maximum atomic E-state index is 11.8. The maximum Gasteiger partial charge on any atom is 0.314 e. The van der Waals surface area contributed by atoms with Gasteiger partial charge in [0, 0.05) is 12.5 Å². The first kappa shape index (κ1) is 14.3. The zero-order valence-corrected chi connectivity index (χ0v) is 11.0. The van der Waals surface area contributed by atoms with Gasteiger partial charge >= 0.3 is 5.69 Å². The number of methoxy groups -OCH3 is 1. The largest absolute Gasteiger partial charge is 0.490 e. The van der Waals surface area contributed by atoms with Crippen LogP contribution in [-0.4, -0.2) is 37.6 Å². The zero-order valence-electron chi connectivity index (χ0n) is 11.0. The lowest BCUT2D eigenvalue weighted by Gasteiger charge is -2.09. The van der Waals surface area contributed by atoms with Crippen LogP contribution in [0.4, 0.5) is 5.69 Å². The Balaban J connectivity index is 2.00. The number of rotatable bonds is 6. The summed E-state index contributed by atoms with van der Waals surface area (Å²) >= 11 is 0. The van der Waals surface area contributed by atoms with Gasteiger partial charge in [-0.2, -0.15) is 0 Å². The Morgan fingerprint density at radius 1 is 1.55 bits per heavy atom. The smallest absolute Gasteiger partial charge is 0.314 e. The van der Waals surface area contributed by atoms with Crippen LogP contribution < -0.4 is 9.47 Å². The summed E-state index contributed by atoms with van der Waals surface area (Å²) in [5.41, 5.74) is -0.193. The Labute approximate surface area is 115 Å². The van der Waals surface area contributed by atoms with Crippen LogP contribution in [-0.2, 0) is 9.53 Å². The monoisotopic (exact) mass is 281 g/mol. The third kappa shape index (κ3) is 3.24. The lowest BCUT2D eigenvalue weighted by molar-refractivity contribution is -0.385. The van der Waals surface area contributed by atoms with Crippen LogP contribution in [0, 0.1) is 16.0 Å². The lowest BCUT2D eigenvalue weighted by atomic mass is 10.0. The minimum absolute atomic E-state index is 0.0547. The van der Waals surface area contributed by atoms with E-state index in [4.69, 9.17) is 14.2 Å². The van der Waals surface area contributed by atoms with Crippen molar-refractivity contribution in [3.05, 3.63) is 28.3 Å². The summed E-state index contributed by atoms with van der Waals surface area (Å²) in [6.07, 6.45) is 0.699. The van der Waals surface area contributed by atoms with Gasteiger partial charge in [0.25, 0.3) is 0 Å². The predicted octanol–water partition coefficient (Wildman–Crippen LogP) is 1.59. The molecule has 0 N–H and O–H groups in total. The van der Waals surface area contributed by atoms with E-state index in [1.165, 1.54) is 25.3 Å². The highest BCUT2D eigenvalue weighted by molar-refractivity contribution is 5.82. The number of Topliss-reactive ketones (excluding diaryl/α,β-unsaturated/α-hetero) is 1. The molecule has 1 fully saturated rings. The van der Waals surface area contributed by atoms with Crippen LogP contribution in [0.25, 0.3) is 0 Å². The number of ether oxygens (including phenoxy) is 3. The molecule has 2 rings (SSSR count). The van der Waals surface area contributed by atoms with Crippen molar-refractivity contribution in [1.29, 1.82) is 0 Å². The SMILES string of the molecule is COc1ccc(OCC(=O)C2CCOC2)cc1[N+](=O)[O-]. The molecule has 1 aromatic rings. The van der Waals surface area contributed by atoms with Crippen molar-refractivity contribution in [2.75, 3.05) is 26.9 Å². The Morgan fingerprint density at radius 2 is 2.35 bits per heavy atom. The summed E-state index contributed by atoms with van der Waals surface area (Å²) < 4.78 is 15.3. The normalized spacial score (nSPS) is 17.8. The first-order chi connectivity index (χ1) is 9.61. The molecular formula is C13H15NO6. The van der Waals surface area contributed by atoms with Gasteiger partial charge in [0.2, 0.25) is 0 Å². The molecule has 0 amide bonds. The van der Waals surface area contributed by atoms with E-state index in [1.54, 1.807) is 0 Å². The molecular weight excluding hydrogens is 266 g/mol. The third-order valence-corrected chi connectivity index (χ3v) is 3.11. The number of nitrogens with zero attached hydrogens (tertiary/aromatic N) is 1. The van der Waals surface area contributed by atoms with Gasteiger partial charge in [-0.1, -0.05) is 0 Å². The second kappa shape index (κ2) is 6.33. The van der Waals surface area contributed by atoms with Crippen LogP contribution in [0.5, 0.6) is 11.5 Å². The van der Waals surface area contributed by atoms with Crippen molar-refractivity contribution in [3.63, 3.8) is 0 Å². The second-order valence-corrected chi connectivity index (χ2v) is 4.41. The number of carbonyl (C=O) groups excluding carboxylic acids is 1. The van der Waals surface area contributed by atoms with Crippen molar-refractivity contribution in [2.45, 2.75) is 6.42 Å². The highest BCUT2D eigenvalue weighted by Gasteiger charge is 2.24. The number of ketones is 1. The Kier molecular flexibility index (Phi) is 4.52. The molecule has 7 heteroatoms. The summed E-state index contributed by atoms with van der Waals surface area (Å²) in [6, 6.07) is 4.22. The van der Waals surface area contributed by atoms with E-state index >= 15 is 0 Å². The molecule has 1 unspecified atom stereocenters. The van der Waals surface area contributed by atoms with Gasteiger partial charge in [0.1, 0.15) is 12.4 Å². The number of carbonyl (C=O) groups is 1. The fourth-order valence-corrected chi connectivity index (χ4v) is 1.96. The molecule has 1 aliphatic heterocycles. The summed E-state index contributed by atoms with van der Waals surface area (Å²) in [5, 5.41) is 10.9. The van der Waals surface area contributed by atoms with Crippen LogP contribution in [0.2, 0.25) is 0 Å². The maximum absolute atomic E-state index is 11.8. The predicted molar refractivity (Wildman–Crippen MR) is 69.1 cm³/mol. The average Bonchev–Trinajstić information content (AvgIpc) is 2.98. The van der Waals surface area contributed by atoms with E-state index in [2.05, 4.69) is 0 Å². The number of nitro groups is 1. The van der Waals surface area contributed by atoms with E-state index in [0.29, 0.717) is 19.6 Å². The molecule has 1 aliphatic rings. The molecule has 108 valence electrons. The number of hydrogen-bond donors (Lipinski definition) is 0. The lowest BCUT2D eigenvalue weighted by Crippen LogP contribution is -2.21. The van der Waals surface area contributed by atoms with Crippen molar-refractivity contribution in [2.24, 2.45) is 5.92 Å². The van der Waals surface area contributed by atoms with Gasteiger partial charge in [-0.05, 0) is 18.6 Å². The first-order valence-electron chi connectivity index (χ1n) is 6.17. The molecule has 1 heterocycles. The Bertz CT molecular complexity index is 510. The molecule has 0 aromatic heterocycles. The standard InChI is InChI=1S/C13H15NO6/c1-18-13-3-2-10(6-11(13)14(16)17)20-8-12(15)9-4-5-19-7-9/h2-3,6,9H,4-5,7-8H2,1H3. The molecule has 1 aromatic carbocycles. The van der Waals surface area contributed by atoms with E-state index in [1.807, 2.05) is 0 Å². The molecule has 20 heavy (non-hydrogen) atoms. The van der Waals surface area contributed by atoms with Crippen LogP contribution in [0.1, 0.15) is 6.42 Å². The molecule has 0 spiro atoms. The Morgan fingerprint density at radius 3 is 2.95 bits per heavy atom. The van der Waals surface area contributed by atoms with Gasteiger partial charge in [-0.15, -0.1) is 0 Å². The number of benzene rings is 1. The summed E-state index contributed by atoms with van der Waals surface area (Å²) in [4.78, 5) is 22.1. The van der Waals surface area contributed by atoms with Crippen molar-refractivity contribution >= 4 is 11.5 Å². The minimum Gasteiger partial charge on any atom is -0.490 e. The van der Waals surface area contributed by atoms with Crippen molar-refractivity contribution in [1.82, 2.24) is 0 Å². The third-order valence-electron chi connectivity index (χ3n) is 3.11. The molecule has 0 saturated carbocycles. The topological polar surface area (TPSA) is 87.9 Å². The fourth-order valence-electron chi connectivity index (χ4n) is 1.96. The van der Waals surface area contributed by atoms with E-state index < -0.39 is 4.92 Å². The van der Waals surface area contributed by atoms with E-state index in [0.717, 1.165) is 0 Å². The first-order valence-corrected chi connectivity index (χ1v) is 6.17. The van der Waals surface area contributed by atoms with E-state index in [-0.39, 0.29) is 35.5 Å². The summed E-state index contributed by atoms with van der Waals surface area (Å²) in [5.74, 6) is 0.229. The van der Waals surface area contributed by atoms with Crippen LogP contribution in [0.15, 0.2) is 18.2 Å². The van der Waals surface area contributed by atoms with Gasteiger partial charge in [0.15, 0.2) is 11.5 Å². The molecule has 0 radical (unpaired) electrons.